The summed E-state index contributed by atoms with van der Waals surface area (Å²) in [5.41, 5.74) is 2.48. The van der Waals surface area contributed by atoms with Crippen LogP contribution in [0.4, 0.5) is 11.4 Å². The quantitative estimate of drug-likeness (QED) is 0.561. The van der Waals surface area contributed by atoms with Gasteiger partial charge in [-0.3, -0.25) is 0 Å². The summed E-state index contributed by atoms with van der Waals surface area (Å²) >= 11 is 0. The van der Waals surface area contributed by atoms with Crippen LogP contribution in [0.2, 0.25) is 0 Å². The van der Waals surface area contributed by atoms with Crippen LogP contribution in [0.1, 0.15) is 0 Å². The predicted octanol–water partition coefficient (Wildman–Crippen LogP) is -0.280. The maximum atomic E-state index is 2.19. The number of rotatable bonds is 4. The fourth-order valence-corrected chi connectivity index (χ4v) is 2.69. The molecule has 0 aromatic heterocycles. The predicted molar refractivity (Wildman–Crippen MR) is 87.7 cm³/mol. The summed E-state index contributed by atoms with van der Waals surface area (Å²) in [6, 6.07) is 17.4. The van der Waals surface area contributed by atoms with Gasteiger partial charge in [-0.05, 0) is 24.3 Å². The van der Waals surface area contributed by atoms with Crippen molar-refractivity contribution in [3.63, 3.8) is 0 Å². The zero-order valence-corrected chi connectivity index (χ0v) is 13.9. The molecule has 0 amide bonds. The van der Waals surface area contributed by atoms with E-state index >= 15 is 0 Å². The average molecular weight is 278 g/mol. The Kier molecular flexibility index (Phi) is 6.63. The van der Waals surface area contributed by atoms with E-state index in [0.29, 0.717) is 0 Å². The van der Waals surface area contributed by atoms with Crippen LogP contribution in [0.3, 0.4) is 0 Å². The molecule has 0 radical (unpaired) electrons. The SMILES string of the molecule is CN(C)c1ccc([P-]c2ccc(N(C)C)cc2)cc1.[Li+]. The molecule has 0 saturated heterocycles. The van der Waals surface area contributed by atoms with E-state index < -0.39 is 0 Å². The molecular weight excluding hydrogens is 258 g/mol. The first-order chi connectivity index (χ1) is 9.06. The molecule has 0 unspecified atom stereocenters. The fourth-order valence-electron chi connectivity index (χ4n) is 1.80. The first-order valence-electron chi connectivity index (χ1n) is 6.33. The monoisotopic (exact) mass is 278 g/mol. The van der Waals surface area contributed by atoms with Gasteiger partial charge in [-0.1, -0.05) is 24.3 Å². The second-order valence-electron chi connectivity index (χ2n) is 4.93. The molecular formula is C16H20LiN2P. The van der Waals surface area contributed by atoms with Crippen molar-refractivity contribution in [1.29, 1.82) is 0 Å². The summed E-state index contributed by atoms with van der Waals surface area (Å²) < 4.78 is 0. The van der Waals surface area contributed by atoms with Gasteiger partial charge in [0.2, 0.25) is 0 Å². The largest absolute Gasteiger partial charge is 1.00 e. The van der Waals surface area contributed by atoms with E-state index in [1.54, 1.807) is 0 Å². The number of benzene rings is 2. The molecule has 20 heavy (non-hydrogen) atoms. The summed E-state index contributed by atoms with van der Waals surface area (Å²) in [5, 5.41) is 2.64. The van der Waals surface area contributed by atoms with E-state index in [9.17, 15) is 0 Å². The van der Waals surface area contributed by atoms with Crippen LogP contribution in [-0.4, -0.2) is 28.2 Å². The van der Waals surface area contributed by atoms with Crippen molar-refractivity contribution in [3.05, 3.63) is 48.5 Å². The van der Waals surface area contributed by atoms with Crippen LogP contribution in [0.5, 0.6) is 0 Å². The second kappa shape index (κ2) is 7.75. The van der Waals surface area contributed by atoms with Gasteiger partial charge in [0.25, 0.3) is 0 Å². The van der Waals surface area contributed by atoms with Crippen LogP contribution in [0.25, 0.3) is 0 Å². The van der Waals surface area contributed by atoms with E-state index in [2.05, 4.69) is 86.5 Å². The van der Waals surface area contributed by atoms with Crippen molar-refractivity contribution in [2.75, 3.05) is 38.0 Å². The van der Waals surface area contributed by atoms with E-state index in [1.807, 2.05) is 0 Å². The Morgan fingerprint density at radius 1 is 0.600 bits per heavy atom. The van der Waals surface area contributed by atoms with Gasteiger partial charge in [0.05, 0.1) is 0 Å². The number of anilines is 2. The molecule has 0 spiro atoms. The standard InChI is InChI=1S/C16H20N2P.Li/c1-17(2)13-5-9-15(10-6-13)19-16-11-7-14(8-12-16)18(3)4;/h5-12H,1-4H3;/q-1;+1. The smallest absolute Gasteiger partial charge is 0.472 e. The number of hydrogen-bond donors (Lipinski definition) is 0. The van der Waals surface area contributed by atoms with E-state index in [4.69, 9.17) is 0 Å². The number of hydrogen-bond acceptors (Lipinski definition) is 2. The van der Waals surface area contributed by atoms with Gasteiger partial charge in [-0.15, -0.1) is 0 Å². The summed E-state index contributed by atoms with van der Waals surface area (Å²) in [5.74, 6) is 0. The minimum absolute atomic E-state index is 0. The molecule has 0 bridgehead atoms. The molecule has 2 rings (SSSR count). The van der Waals surface area contributed by atoms with Gasteiger partial charge in [0.1, 0.15) is 0 Å². The maximum absolute atomic E-state index is 2.19. The molecule has 0 saturated carbocycles. The third-order valence-electron chi connectivity index (χ3n) is 2.99. The van der Waals surface area contributed by atoms with Crippen LogP contribution in [0.15, 0.2) is 48.5 Å². The summed E-state index contributed by atoms with van der Waals surface area (Å²) in [6.45, 7) is 0. The Morgan fingerprint density at radius 3 is 1.15 bits per heavy atom. The molecule has 4 heteroatoms. The van der Waals surface area contributed by atoms with E-state index in [-0.39, 0.29) is 18.9 Å². The molecule has 2 nitrogen and oxygen atoms in total. The molecule has 0 aliphatic rings. The normalized spacial score (nSPS) is 9.80. The Labute approximate surface area is 136 Å². The second-order valence-corrected chi connectivity index (χ2v) is 6.19. The summed E-state index contributed by atoms with van der Waals surface area (Å²) in [6.07, 6.45) is 0. The minimum atomic E-state index is 0. The topological polar surface area (TPSA) is 6.48 Å². The molecule has 2 aromatic rings. The van der Waals surface area contributed by atoms with Crippen molar-refractivity contribution < 1.29 is 18.9 Å². The molecule has 0 aliphatic carbocycles. The van der Waals surface area contributed by atoms with E-state index in [0.717, 1.165) is 0 Å². The first kappa shape index (κ1) is 17.1. The molecule has 0 fully saturated rings. The Bertz CT molecular complexity index is 472. The van der Waals surface area contributed by atoms with Gasteiger partial charge < -0.3 is 18.4 Å². The van der Waals surface area contributed by atoms with Crippen molar-refractivity contribution in [3.8, 4) is 0 Å². The van der Waals surface area contributed by atoms with Crippen LogP contribution >= 0.6 is 8.58 Å². The van der Waals surface area contributed by atoms with Gasteiger partial charge >= 0.3 is 18.9 Å². The van der Waals surface area contributed by atoms with Gasteiger partial charge in [-0.2, -0.15) is 10.6 Å². The Hall–Kier alpha value is -0.933. The third-order valence-corrected chi connectivity index (χ3v) is 4.10. The van der Waals surface area contributed by atoms with Crippen molar-refractivity contribution in [1.82, 2.24) is 0 Å². The molecule has 0 N–H and O–H groups in total. The van der Waals surface area contributed by atoms with Crippen LogP contribution in [-0.2, 0) is 0 Å². The van der Waals surface area contributed by atoms with Gasteiger partial charge in [0, 0.05) is 39.6 Å². The van der Waals surface area contributed by atoms with Crippen LogP contribution < -0.4 is 39.3 Å². The van der Waals surface area contributed by atoms with Crippen molar-refractivity contribution in [2.45, 2.75) is 0 Å². The molecule has 0 atom stereocenters. The minimum Gasteiger partial charge on any atom is -0.472 e. The zero-order chi connectivity index (χ0) is 13.8. The zero-order valence-electron chi connectivity index (χ0n) is 13.0. The molecule has 100 valence electrons. The molecule has 2 aromatic carbocycles. The van der Waals surface area contributed by atoms with Crippen molar-refractivity contribution in [2.24, 2.45) is 0 Å². The van der Waals surface area contributed by atoms with Gasteiger partial charge in [-0.25, -0.2) is 0 Å². The van der Waals surface area contributed by atoms with Gasteiger partial charge in [0.15, 0.2) is 0 Å². The summed E-state index contributed by atoms with van der Waals surface area (Å²) in [4.78, 5) is 4.24. The fraction of sp³-hybridized carbons (Fsp3) is 0.250. The average Bonchev–Trinajstić information content (AvgIpc) is 2.40. The van der Waals surface area contributed by atoms with Crippen molar-refractivity contribution >= 4 is 30.6 Å². The van der Waals surface area contributed by atoms with Crippen LogP contribution in [0, 0.1) is 0 Å². The maximum Gasteiger partial charge on any atom is 1.00 e. The Balaban J connectivity index is 0.00000200. The molecule has 0 aliphatic heterocycles. The molecule has 0 heterocycles. The Morgan fingerprint density at radius 2 is 0.900 bits per heavy atom. The summed E-state index contributed by atoms with van der Waals surface area (Å²) in [7, 11) is 9.50. The third kappa shape index (κ3) is 4.57. The number of nitrogens with zero attached hydrogens (tertiary/aromatic N) is 2. The first-order valence-corrected chi connectivity index (χ1v) is 7.22. The van der Waals surface area contributed by atoms with E-state index in [1.165, 1.54) is 30.6 Å².